The summed E-state index contributed by atoms with van der Waals surface area (Å²) in [6.07, 6.45) is -0.0489. The molecular formula is C11H13N3O6S. The third-order valence-corrected chi connectivity index (χ3v) is 3.64. The molecule has 0 saturated carbocycles. The number of nitro groups is 1. The van der Waals surface area contributed by atoms with Gasteiger partial charge in [0.05, 0.1) is 16.2 Å². The highest BCUT2D eigenvalue weighted by Crippen LogP contribution is 2.15. The lowest BCUT2D eigenvalue weighted by Gasteiger charge is -2.04. The number of nitro benzene ring substituents is 1. The number of carbonyl (C=O) groups is 1. The topological polar surface area (TPSA) is 139 Å². The van der Waals surface area contributed by atoms with Gasteiger partial charge in [0.1, 0.15) is 0 Å². The van der Waals surface area contributed by atoms with Crippen LogP contribution in [0.4, 0.5) is 5.69 Å². The molecule has 0 fully saturated rings. The van der Waals surface area contributed by atoms with Crippen molar-refractivity contribution in [3.8, 4) is 0 Å². The number of non-ortho nitro benzene ring substituents is 1. The first kappa shape index (κ1) is 16.6. The first-order valence-electron chi connectivity index (χ1n) is 5.73. The molecule has 1 aromatic rings. The van der Waals surface area contributed by atoms with Gasteiger partial charge in [0.25, 0.3) is 15.7 Å². The zero-order chi connectivity index (χ0) is 16.0. The molecule has 0 aliphatic rings. The average Bonchev–Trinajstić information content (AvgIpc) is 2.43. The van der Waals surface area contributed by atoms with Gasteiger partial charge < -0.3 is 5.11 Å². The molecule has 0 aliphatic carbocycles. The number of benzene rings is 1. The van der Waals surface area contributed by atoms with Crippen LogP contribution in [0.15, 0.2) is 34.3 Å². The number of nitrogens with zero attached hydrogens (tertiary/aromatic N) is 2. The Morgan fingerprint density at radius 3 is 2.38 bits per heavy atom. The summed E-state index contributed by atoms with van der Waals surface area (Å²) in [6, 6.07) is 4.30. The predicted molar refractivity (Wildman–Crippen MR) is 73.4 cm³/mol. The van der Waals surface area contributed by atoms with Crippen molar-refractivity contribution in [3.63, 3.8) is 0 Å². The van der Waals surface area contributed by atoms with Crippen LogP contribution in [0, 0.1) is 10.1 Å². The van der Waals surface area contributed by atoms with Crippen LogP contribution in [-0.4, -0.2) is 30.1 Å². The van der Waals surface area contributed by atoms with E-state index in [1.54, 1.807) is 0 Å². The van der Waals surface area contributed by atoms with Crippen LogP contribution in [0.5, 0.6) is 0 Å². The number of rotatable bonds is 7. The first-order valence-corrected chi connectivity index (χ1v) is 7.22. The van der Waals surface area contributed by atoms with Gasteiger partial charge >= 0.3 is 5.97 Å². The summed E-state index contributed by atoms with van der Waals surface area (Å²) in [4.78, 5) is 22.0. The summed E-state index contributed by atoms with van der Waals surface area (Å²) in [5, 5.41) is 22.5. The molecule has 114 valence electrons. The van der Waals surface area contributed by atoms with Crippen LogP contribution in [0.25, 0.3) is 0 Å². The van der Waals surface area contributed by atoms with E-state index in [-0.39, 0.29) is 23.4 Å². The zero-order valence-corrected chi connectivity index (χ0v) is 11.8. The molecule has 0 aliphatic heterocycles. The quantitative estimate of drug-likeness (QED) is 0.439. The molecule has 21 heavy (non-hydrogen) atoms. The Morgan fingerprint density at radius 1 is 1.33 bits per heavy atom. The molecule has 2 N–H and O–H groups in total. The summed E-state index contributed by atoms with van der Waals surface area (Å²) in [5.74, 6) is -1.01. The van der Waals surface area contributed by atoms with Gasteiger partial charge in [-0.25, -0.2) is 4.83 Å². The number of hydrogen-bond acceptors (Lipinski definition) is 6. The second kappa shape index (κ2) is 6.79. The molecule has 1 aromatic carbocycles. The second-order valence-corrected chi connectivity index (χ2v) is 5.75. The van der Waals surface area contributed by atoms with Gasteiger partial charge in [0.2, 0.25) is 0 Å². The van der Waals surface area contributed by atoms with E-state index >= 15 is 0 Å². The highest BCUT2D eigenvalue weighted by molar-refractivity contribution is 7.89. The van der Waals surface area contributed by atoms with Crippen LogP contribution in [0.3, 0.4) is 0 Å². The molecule has 0 amide bonds. The van der Waals surface area contributed by atoms with Crippen molar-refractivity contribution in [2.45, 2.75) is 24.7 Å². The molecule has 1 rings (SSSR count). The fourth-order valence-electron chi connectivity index (χ4n) is 1.28. The van der Waals surface area contributed by atoms with Crippen molar-refractivity contribution in [2.75, 3.05) is 0 Å². The van der Waals surface area contributed by atoms with E-state index in [2.05, 4.69) is 5.10 Å². The number of aliphatic carboxylic acids is 1. The minimum atomic E-state index is -3.94. The van der Waals surface area contributed by atoms with Crippen molar-refractivity contribution >= 4 is 27.4 Å². The Kier molecular flexibility index (Phi) is 5.36. The van der Waals surface area contributed by atoms with Crippen LogP contribution in [-0.2, 0) is 14.8 Å². The Bertz CT molecular complexity index is 666. The molecule has 9 nitrogen and oxygen atoms in total. The van der Waals surface area contributed by atoms with Gasteiger partial charge in [-0.2, -0.15) is 13.5 Å². The molecular weight excluding hydrogens is 302 g/mol. The number of carboxylic acids is 1. The van der Waals surface area contributed by atoms with E-state index in [1.165, 1.54) is 6.92 Å². The summed E-state index contributed by atoms with van der Waals surface area (Å²) in [6.45, 7) is 1.49. The Balaban J connectivity index is 2.79. The van der Waals surface area contributed by atoms with E-state index in [0.29, 0.717) is 5.71 Å². The molecule has 0 aromatic heterocycles. The first-order chi connectivity index (χ1) is 9.72. The summed E-state index contributed by atoms with van der Waals surface area (Å²) < 4.78 is 23.7. The van der Waals surface area contributed by atoms with Gasteiger partial charge in [-0.3, -0.25) is 14.9 Å². The highest BCUT2D eigenvalue weighted by Gasteiger charge is 2.15. The van der Waals surface area contributed by atoms with Gasteiger partial charge in [-0.1, -0.05) is 0 Å². The Hall–Kier alpha value is -2.49. The summed E-state index contributed by atoms with van der Waals surface area (Å²) in [7, 11) is -3.94. The SMILES string of the molecule is CC(CCC(=O)O)=NNS(=O)(=O)c1ccc([N+](=O)[O-])cc1. The Morgan fingerprint density at radius 2 is 1.90 bits per heavy atom. The van der Waals surface area contributed by atoms with Crippen molar-refractivity contribution < 1.29 is 23.2 Å². The van der Waals surface area contributed by atoms with Gasteiger partial charge in [-0.05, 0) is 25.5 Å². The van der Waals surface area contributed by atoms with E-state index in [1.807, 2.05) is 4.83 Å². The smallest absolute Gasteiger partial charge is 0.303 e. The number of hydrogen-bond donors (Lipinski definition) is 2. The van der Waals surface area contributed by atoms with Crippen molar-refractivity contribution in [3.05, 3.63) is 34.4 Å². The van der Waals surface area contributed by atoms with Crippen molar-refractivity contribution in [2.24, 2.45) is 5.10 Å². The monoisotopic (exact) mass is 315 g/mol. The van der Waals surface area contributed by atoms with E-state index in [9.17, 15) is 23.3 Å². The minimum absolute atomic E-state index is 0.109. The van der Waals surface area contributed by atoms with E-state index in [0.717, 1.165) is 24.3 Å². The maximum atomic E-state index is 11.9. The second-order valence-electron chi connectivity index (χ2n) is 4.09. The molecule has 0 saturated heterocycles. The fraction of sp³-hybridized carbons (Fsp3) is 0.273. The van der Waals surface area contributed by atoms with Crippen LogP contribution < -0.4 is 4.83 Å². The number of hydrazone groups is 1. The van der Waals surface area contributed by atoms with Crippen LogP contribution >= 0.6 is 0 Å². The maximum Gasteiger partial charge on any atom is 0.303 e. The Labute approximate surface area is 120 Å². The third-order valence-electron chi connectivity index (χ3n) is 2.42. The molecule has 10 heteroatoms. The number of nitrogens with one attached hydrogen (secondary N) is 1. The number of carboxylic acid groups (broad SMARTS) is 1. The normalized spacial score (nSPS) is 12.0. The molecule has 0 unspecified atom stereocenters. The molecule has 0 radical (unpaired) electrons. The highest BCUT2D eigenvalue weighted by atomic mass is 32.2. The van der Waals surface area contributed by atoms with Gasteiger partial charge in [-0.15, -0.1) is 0 Å². The lowest BCUT2D eigenvalue weighted by atomic mass is 10.2. The van der Waals surface area contributed by atoms with Crippen LogP contribution in [0.1, 0.15) is 19.8 Å². The van der Waals surface area contributed by atoms with E-state index < -0.39 is 20.9 Å². The predicted octanol–water partition coefficient (Wildman–Crippen LogP) is 1.11. The largest absolute Gasteiger partial charge is 0.481 e. The molecule has 0 atom stereocenters. The van der Waals surface area contributed by atoms with Gasteiger partial charge in [0.15, 0.2) is 0 Å². The lowest BCUT2D eigenvalue weighted by Crippen LogP contribution is -2.19. The minimum Gasteiger partial charge on any atom is -0.481 e. The third kappa shape index (κ3) is 5.18. The van der Waals surface area contributed by atoms with Gasteiger partial charge in [0, 0.05) is 17.8 Å². The maximum absolute atomic E-state index is 11.9. The number of sulfonamides is 1. The van der Waals surface area contributed by atoms with Crippen molar-refractivity contribution in [1.29, 1.82) is 0 Å². The molecule has 0 heterocycles. The summed E-state index contributed by atoms with van der Waals surface area (Å²) >= 11 is 0. The standard InChI is InChI=1S/C11H13N3O6S/c1-8(2-7-11(15)16)12-13-21(19,20)10-5-3-9(4-6-10)14(17)18/h3-6,13H,2,7H2,1H3,(H,15,16). The fourth-order valence-corrected chi connectivity index (χ4v) is 2.16. The zero-order valence-electron chi connectivity index (χ0n) is 11.0. The van der Waals surface area contributed by atoms with E-state index in [4.69, 9.17) is 5.11 Å². The average molecular weight is 315 g/mol. The lowest BCUT2D eigenvalue weighted by molar-refractivity contribution is -0.384. The molecule has 0 spiro atoms. The van der Waals surface area contributed by atoms with Crippen LogP contribution in [0.2, 0.25) is 0 Å². The van der Waals surface area contributed by atoms with Crippen molar-refractivity contribution in [1.82, 2.24) is 4.83 Å². The molecule has 0 bridgehead atoms. The summed E-state index contributed by atoms with van der Waals surface area (Å²) in [5.41, 5.74) is 0.0815.